The number of nitrogens with one attached hydrogen (secondary N) is 1. The van der Waals surface area contributed by atoms with Crippen LogP contribution in [0.5, 0.6) is 0 Å². The third kappa shape index (κ3) is 2.78. The number of rotatable bonds is 3. The molecule has 1 saturated heterocycles. The lowest BCUT2D eigenvalue weighted by Gasteiger charge is -2.30. The molecule has 1 aromatic rings. The van der Waals surface area contributed by atoms with Crippen LogP contribution in [0.25, 0.3) is 0 Å². The Morgan fingerprint density at radius 2 is 2.18 bits per heavy atom. The van der Waals surface area contributed by atoms with Crippen LogP contribution >= 0.6 is 0 Å². The van der Waals surface area contributed by atoms with Gasteiger partial charge in [-0.05, 0) is 18.2 Å². The van der Waals surface area contributed by atoms with Gasteiger partial charge in [-0.1, -0.05) is 0 Å². The molecule has 2 rings (SSSR count). The monoisotopic (exact) mass is 244 g/mol. The zero-order valence-corrected chi connectivity index (χ0v) is 9.16. The maximum atomic E-state index is 13.6. The molecule has 0 amide bonds. The van der Waals surface area contributed by atoms with Crippen LogP contribution in [0.1, 0.15) is 11.6 Å². The summed E-state index contributed by atoms with van der Waals surface area (Å²) in [4.78, 5) is 0. The molecule has 94 valence electrons. The molecule has 0 aromatic heterocycles. The largest absolute Gasteiger partial charge is 0.376 e. The smallest absolute Gasteiger partial charge is 0.128 e. The van der Waals surface area contributed by atoms with Crippen LogP contribution in [0.2, 0.25) is 0 Å². The predicted molar refractivity (Wildman–Crippen MR) is 57.0 cm³/mol. The third-order valence-corrected chi connectivity index (χ3v) is 2.69. The Morgan fingerprint density at radius 3 is 2.82 bits per heavy atom. The summed E-state index contributed by atoms with van der Waals surface area (Å²) >= 11 is 0. The summed E-state index contributed by atoms with van der Waals surface area (Å²) in [7, 11) is 0. The summed E-state index contributed by atoms with van der Waals surface area (Å²) in [6, 6.07) is 2.60. The summed E-state index contributed by atoms with van der Waals surface area (Å²) in [6.45, 7) is 1.21. The van der Waals surface area contributed by atoms with Crippen molar-refractivity contribution < 1.29 is 18.3 Å². The lowest BCUT2D eigenvalue weighted by molar-refractivity contribution is -0.103. The van der Waals surface area contributed by atoms with Gasteiger partial charge in [0.15, 0.2) is 0 Å². The summed E-state index contributed by atoms with van der Waals surface area (Å²) in [6.07, 6.45) is -0.426. The van der Waals surface area contributed by atoms with Crippen molar-refractivity contribution in [1.29, 1.82) is 0 Å². The molecule has 1 fully saturated rings. The highest BCUT2D eigenvalue weighted by atomic mass is 19.1. The lowest BCUT2D eigenvalue weighted by atomic mass is 10.0. The normalized spacial score (nSPS) is 22.4. The van der Waals surface area contributed by atoms with Gasteiger partial charge in [0.2, 0.25) is 0 Å². The molecule has 0 bridgehead atoms. The zero-order chi connectivity index (χ0) is 12.3. The molecule has 0 aliphatic carbocycles. The molecule has 17 heavy (non-hydrogen) atoms. The number of benzene rings is 1. The zero-order valence-electron chi connectivity index (χ0n) is 9.16. The van der Waals surface area contributed by atoms with Gasteiger partial charge in [-0.2, -0.15) is 0 Å². The van der Waals surface area contributed by atoms with Gasteiger partial charge in [-0.25, -0.2) is 8.78 Å². The molecule has 1 aliphatic rings. The van der Waals surface area contributed by atoms with Gasteiger partial charge in [-0.3, -0.25) is 11.3 Å². The van der Waals surface area contributed by atoms with Gasteiger partial charge in [-0.15, -0.1) is 0 Å². The summed E-state index contributed by atoms with van der Waals surface area (Å²) in [5.41, 5.74) is 2.59. The van der Waals surface area contributed by atoms with Crippen LogP contribution in [-0.2, 0) is 9.47 Å². The van der Waals surface area contributed by atoms with Crippen molar-refractivity contribution in [2.24, 2.45) is 5.84 Å². The molecular weight excluding hydrogens is 230 g/mol. The molecule has 1 aromatic carbocycles. The first-order chi connectivity index (χ1) is 8.22. The number of ether oxygens (including phenoxy) is 2. The highest BCUT2D eigenvalue weighted by molar-refractivity contribution is 5.23. The van der Waals surface area contributed by atoms with Crippen molar-refractivity contribution in [3.05, 3.63) is 35.4 Å². The van der Waals surface area contributed by atoms with Crippen molar-refractivity contribution in [3.63, 3.8) is 0 Å². The molecule has 1 heterocycles. The Kier molecular flexibility index (Phi) is 4.01. The fourth-order valence-corrected chi connectivity index (χ4v) is 1.85. The fourth-order valence-electron chi connectivity index (χ4n) is 1.85. The maximum Gasteiger partial charge on any atom is 0.128 e. The molecule has 3 N–H and O–H groups in total. The fraction of sp³-hybridized carbons (Fsp3) is 0.455. The van der Waals surface area contributed by atoms with Crippen LogP contribution in [0.3, 0.4) is 0 Å². The molecule has 4 nitrogen and oxygen atoms in total. The molecular formula is C11H14F2N2O2. The van der Waals surface area contributed by atoms with Crippen molar-refractivity contribution in [1.82, 2.24) is 5.43 Å². The molecule has 1 aliphatic heterocycles. The van der Waals surface area contributed by atoms with E-state index < -0.39 is 23.8 Å². The van der Waals surface area contributed by atoms with E-state index in [1.807, 2.05) is 0 Å². The van der Waals surface area contributed by atoms with Gasteiger partial charge in [0.05, 0.1) is 25.9 Å². The molecule has 0 spiro atoms. The average Bonchev–Trinajstić information content (AvgIpc) is 2.36. The van der Waals surface area contributed by atoms with E-state index in [1.54, 1.807) is 0 Å². The minimum Gasteiger partial charge on any atom is -0.376 e. The van der Waals surface area contributed by atoms with Crippen LogP contribution in [0, 0.1) is 11.6 Å². The Balaban J connectivity index is 2.24. The van der Waals surface area contributed by atoms with E-state index in [9.17, 15) is 8.78 Å². The van der Waals surface area contributed by atoms with E-state index in [2.05, 4.69) is 5.43 Å². The summed E-state index contributed by atoms with van der Waals surface area (Å²) in [5.74, 6) is 4.34. The summed E-state index contributed by atoms with van der Waals surface area (Å²) in [5, 5.41) is 0. The Labute approximate surface area is 97.7 Å². The highest BCUT2D eigenvalue weighted by Gasteiger charge is 2.28. The van der Waals surface area contributed by atoms with E-state index >= 15 is 0 Å². The second-order valence-electron chi connectivity index (χ2n) is 3.79. The predicted octanol–water partition coefficient (Wildman–Crippen LogP) is 0.885. The van der Waals surface area contributed by atoms with Crippen LogP contribution in [0.15, 0.2) is 18.2 Å². The van der Waals surface area contributed by atoms with Gasteiger partial charge in [0.1, 0.15) is 17.7 Å². The Bertz CT molecular complexity index is 384. The third-order valence-electron chi connectivity index (χ3n) is 2.69. The Hall–Kier alpha value is -1.08. The average molecular weight is 244 g/mol. The van der Waals surface area contributed by atoms with E-state index in [4.69, 9.17) is 15.3 Å². The van der Waals surface area contributed by atoms with Gasteiger partial charge < -0.3 is 9.47 Å². The number of halogens is 2. The number of hydrogen-bond donors (Lipinski definition) is 2. The number of hydrogen-bond acceptors (Lipinski definition) is 4. The SMILES string of the molecule is NNC(c1cc(F)ccc1F)C1COCCO1. The lowest BCUT2D eigenvalue weighted by Crippen LogP contribution is -2.43. The van der Waals surface area contributed by atoms with E-state index in [1.165, 1.54) is 0 Å². The van der Waals surface area contributed by atoms with Gasteiger partial charge >= 0.3 is 0 Å². The first-order valence-electron chi connectivity index (χ1n) is 5.33. The molecule has 6 heteroatoms. The van der Waals surface area contributed by atoms with Crippen molar-refractivity contribution in [2.45, 2.75) is 12.1 Å². The minimum absolute atomic E-state index is 0.142. The first kappa shape index (κ1) is 12.4. The first-order valence-corrected chi connectivity index (χ1v) is 5.33. The molecule has 0 saturated carbocycles. The van der Waals surface area contributed by atoms with E-state index in [0.29, 0.717) is 19.8 Å². The molecule has 0 radical (unpaired) electrons. The molecule has 2 atom stereocenters. The molecule has 2 unspecified atom stereocenters. The minimum atomic E-state index is -0.633. The number of hydrazine groups is 1. The van der Waals surface area contributed by atoms with Gasteiger partial charge in [0, 0.05) is 5.56 Å². The second-order valence-corrected chi connectivity index (χ2v) is 3.79. The second kappa shape index (κ2) is 5.50. The topological polar surface area (TPSA) is 56.5 Å². The van der Waals surface area contributed by atoms with Crippen LogP contribution < -0.4 is 11.3 Å². The van der Waals surface area contributed by atoms with Crippen LogP contribution in [0.4, 0.5) is 8.78 Å². The maximum absolute atomic E-state index is 13.6. The van der Waals surface area contributed by atoms with E-state index in [0.717, 1.165) is 18.2 Å². The standard InChI is InChI=1S/C11H14F2N2O2/c12-7-1-2-9(13)8(5-7)11(15-14)10-6-16-3-4-17-10/h1-2,5,10-11,15H,3-4,6,14H2. The van der Waals surface area contributed by atoms with E-state index in [-0.39, 0.29) is 5.56 Å². The van der Waals surface area contributed by atoms with Crippen molar-refractivity contribution >= 4 is 0 Å². The van der Waals surface area contributed by atoms with Crippen LogP contribution in [-0.4, -0.2) is 25.9 Å². The highest BCUT2D eigenvalue weighted by Crippen LogP contribution is 2.24. The quantitative estimate of drug-likeness (QED) is 0.612. The number of nitrogens with two attached hydrogens (primary N) is 1. The Morgan fingerprint density at radius 1 is 1.35 bits per heavy atom. The van der Waals surface area contributed by atoms with Crippen molar-refractivity contribution in [3.8, 4) is 0 Å². The van der Waals surface area contributed by atoms with Gasteiger partial charge in [0.25, 0.3) is 0 Å². The van der Waals surface area contributed by atoms with Crippen molar-refractivity contribution in [2.75, 3.05) is 19.8 Å². The summed E-state index contributed by atoms with van der Waals surface area (Å²) < 4.78 is 37.4.